The average Bonchev–Trinajstić information content (AvgIpc) is 2.65. The predicted octanol–water partition coefficient (Wildman–Crippen LogP) is 2.17. The number of rotatable bonds is 6. The summed E-state index contributed by atoms with van der Waals surface area (Å²) in [6.45, 7) is 4.43. The third-order valence-electron chi connectivity index (χ3n) is 4.69. The van der Waals surface area contributed by atoms with Gasteiger partial charge < -0.3 is 16.4 Å². The van der Waals surface area contributed by atoms with Gasteiger partial charge in [0, 0.05) is 44.2 Å². The summed E-state index contributed by atoms with van der Waals surface area (Å²) in [4.78, 5) is 21.0. The maximum absolute atomic E-state index is 12.9. The number of piperazine rings is 1. The zero-order valence-electron chi connectivity index (χ0n) is 14.7. The summed E-state index contributed by atoms with van der Waals surface area (Å²) >= 11 is 0. The Kier molecular flexibility index (Phi) is 5.68. The molecule has 1 aromatic carbocycles. The van der Waals surface area contributed by atoms with Gasteiger partial charge in [-0.2, -0.15) is 0 Å². The minimum absolute atomic E-state index is 0.0604. The van der Waals surface area contributed by atoms with E-state index in [-0.39, 0.29) is 11.6 Å². The Morgan fingerprint density at radius 3 is 2.42 bits per heavy atom. The van der Waals surface area contributed by atoms with E-state index >= 15 is 0 Å². The normalized spacial score (nSPS) is 15.2. The Labute approximate surface area is 152 Å². The first-order valence-corrected chi connectivity index (χ1v) is 8.80. The zero-order chi connectivity index (χ0) is 18.5. The molecular weight excluding hydrogens is 333 g/mol. The molecule has 0 atom stereocenters. The lowest BCUT2D eigenvalue weighted by Gasteiger charge is -2.35. The van der Waals surface area contributed by atoms with Crippen molar-refractivity contribution in [1.82, 2.24) is 9.88 Å². The Morgan fingerprint density at radius 1 is 1.08 bits per heavy atom. The highest BCUT2D eigenvalue weighted by molar-refractivity contribution is 5.95. The van der Waals surface area contributed by atoms with E-state index in [0.717, 1.165) is 45.0 Å². The Hall–Kier alpha value is -2.67. The number of hydrogen-bond acceptors (Lipinski definition) is 6. The summed E-state index contributed by atoms with van der Waals surface area (Å²) in [7, 11) is 0. The highest BCUT2D eigenvalue weighted by Gasteiger charge is 2.18. The van der Waals surface area contributed by atoms with Crippen LogP contribution in [0.1, 0.15) is 23.2 Å². The van der Waals surface area contributed by atoms with Crippen molar-refractivity contribution in [1.29, 1.82) is 0 Å². The van der Waals surface area contributed by atoms with Gasteiger partial charge in [-0.3, -0.25) is 9.69 Å². The molecule has 4 N–H and O–H groups in total. The molecule has 138 valence electrons. The molecule has 0 aliphatic carbocycles. The minimum Gasteiger partial charge on any atom is -0.397 e. The van der Waals surface area contributed by atoms with Crippen LogP contribution in [0, 0.1) is 5.82 Å². The van der Waals surface area contributed by atoms with Crippen LogP contribution < -0.4 is 16.4 Å². The number of nitrogens with two attached hydrogens (primary N) is 2. The summed E-state index contributed by atoms with van der Waals surface area (Å²) in [5.74, 6) is 0.588. The van der Waals surface area contributed by atoms with Gasteiger partial charge >= 0.3 is 0 Å². The van der Waals surface area contributed by atoms with E-state index in [1.165, 1.54) is 12.1 Å². The lowest BCUT2D eigenvalue weighted by molar-refractivity contribution is 0.0974. The number of carbonyl (C=O) groups excluding carboxylic acids is 1. The molecule has 2 aromatic rings. The van der Waals surface area contributed by atoms with Crippen LogP contribution in [0.3, 0.4) is 0 Å². The summed E-state index contributed by atoms with van der Waals surface area (Å²) in [6.07, 6.45) is 2.86. The monoisotopic (exact) mass is 357 g/mol. The van der Waals surface area contributed by atoms with Crippen molar-refractivity contribution in [3.05, 3.63) is 47.9 Å². The lowest BCUT2D eigenvalue weighted by Crippen LogP contribution is -2.47. The maximum atomic E-state index is 12.9. The number of hydrogen-bond donors (Lipinski definition) is 2. The summed E-state index contributed by atoms with van der Waals surface area (Å²) in [5.41, 5.74) is 13.2. The Balaban J connectivity index is 1.42. The topological polar surface area (TPSA) is 88.5 Å². The largest absolute Gasteiger partial charge is 0.397 e. The van der Waals surface area contributed by atoms with Crippen LogP contribution in [0.2, 0.25) is 0 Å². The molecule has 0 saturated carbocycles. The summed E-state index contributed by atoms with van der Waals surface area (Å²) < 4.78 is 12.9. The average molecular weight is 357 g/mol. The van der Waals surface area contributed by atoms with Crippen molar-refractivity contribution in [3.63, 3.8) is 0 Å². The standard InChI is InChI=1S/C19H24FN5O/c20-15-5-3-14(4-6-15)18(26)2-1-7-24-8-10-25(11-9-24)19-12-16(21)17(22)13-23-19/h3-6,12-13H,1-2,7-11,22H2,(H2,21,23). The fourth-order valence-corrected chi connectivity index (χ4v) is 3.09. The molecular formula is C19H24FN5O. The third-order valence-corrected chi connectivity index (χ3v) is 4.69. The van der Waals surface area contributed by atoms with Crippen LogP contribution in [-0.2, 0) is 0 Å². The van der Waals surface area contributed by atoms with Crippen molar-refractivity contribution in [2.45, 2.75) is 12.8 Å². The zero-order valence-corrected chi connectivity index (χ0v) is 14.7. The molecule has 0 spiro atoms. The van der Waals surface area contributed by atoms with Gasteiger partial charge in [-0.25, -0.2) is 9.37 Å². The van der Waals surface area contributed by atoms with E-state index in [1.54, 1.807) is 18.3 Å². The van der Waals surface area contributed by atoms with Crippen LogP contribution in [-0.4, -0.2) is 48.4 Å². The second-order valence-electron chi connectivity index (χ2n) is 6.53. The number of benzene rings is 1. The van der Waals surface area contributed by atoms with E-state index in [0.29, 0.717) is 23.4 Å². The molecule has 3 rings (SSSR count). The number of carbonyl (C=O) groups is 1. The number of halogens is 1. The molecule has 0 amide bonds. The van der Waals surface area contributed by atoms with Crippen molar-refractivity contribution < 1.29 is 9.18 Å². The van der Waals surface area contributed by atoms with Crippen molar-refractivity contribution in [2.75, 3.05) is 49.1 Å². The second kappa shape index (κ2) is 8.14. The quantitative estimate of drug-likeness (QED) is 0.771. The van der Waals surface area contributed by atoms with Crippen molar-refractivity contribution in [3.8, 4) is 0 Å². The molecule has 26 heavy (non-hydrogen) atoms. The third kappa shape index (κ3) is 4.49. The van der Waals surface area contributed by atoms with Gasteiger partial charge in [0.25, 0.3) is 0 Å². The molecule has 1 aliphatic heterocycles. The van der Waals surface area contributed by atoms with Gasteiger partial charge in [-0.05, 0) is 37.2 Å². The van der Waals surface area contributed by atoms with E-state index in [1.807, 2.05) is 6.07 Å². The van der Waals surface area contributed by atoms with Crippen LogP contribution in [0.5, 0.6) is 0 Å². The van der Waals surface area contributed by atoms with Gasteiger partial charge in [-0.1, -0.05) is 0 Å². The van der Waals surface area contributed by atoms with E-state index in [4.69, 9.17) is 11.5 Å². The number of ketones is 1. The van der Waals surface area contributed by atoms with Crippen LogP contribution in [0.25, 0.3) is 0 Å². The fraction of sp³-hybridized carbons (Fsp3) is 0.368. The molecule has 2 heterocycles. The molecule has 0 radical (unpaired) electrons. The lowest BCUT2D eigenvalue weighted by atomic mass is 10.1. The first-order chi connectivity index (χ1) is 12.5. The molecule has 1 saturated heterocycles. The highest BCUT2D eigenvalue weighted by atomic mass is 19.1. The van der Waals surface area contributed by atoms with Gasteiger partial charge in [0.2, 0.25) is 0 Å². The number of Topliss-reactive ketones (excluding diaryl/α,β-unsaturated/α-hetero) is 1. The second-order valence-corrected chi connectivity index (χ2v) is 6.53. The highest BCUT2D eigenvalue weighted by Crippen LogP contribution is 2.21. The number of nitrogens with zero attached hydrogens (tertiary/aromatic N) is 3. The summed E-state index contributed by atoms with van der Waals surface area (Å²) in [6, 6.07) is 7.55. The molecule has 0 bridgehead atoms. The maximum Gasteiger partial charge on any atom is 0.162 e. The van der Waals surface area contributed by atoms with E-state index < -0.39 is 0 Å². The molecule has 1 fully saturated rings. The van der Waals surface area contributed by atoms with Crippen molar-refractivity contribution in [2.24, 2.45) is 0 Å². The van der Waals surface area contributed by atoms with Crippen LogP contribution in [0.4, 0.5) is 21.6 Å². The van der Waals surface area contributed by atoms with E-state index in [2.05, 4.69) is 14.8 Å². The molecule has 0 unspecified atom stereocenters. The molecule has 1 aromatic heterocycles. The Morgan fingerprint density at radius 2 is 1.77 bits per heavy atom. The Bertz CT molecular complexity index is 757. The van der Waals surface area contributed by atoms with E-state index in [9.17, 15) is 9.18 Å². The molecule has 1 aliphatic rings. The first-order valence-electron chi connectivity index (χ1n) is 8.80. The minimum atomic E-state index is -0.322. The fourth-order valence-electron chi connectivity index (χ4n) is 3.09. The van der Waals surface area contributed by atoms with Gasteiger partial charge in [-0.15, -0.1) is 0 Å². The van der Waals surface area contributed by atoms with Crippen LogP contribution in [0.15, 0.2) is 36.5 Å². The number of pyridine rings is 1. The molecule has 6 nitrogen and oxygen atoms in total. The number of nitrogen functional groups attached to an aromatic ring is 2. The van der Waals surface area contributed by atoms with Gasteiger partial charge in [0.15, 0.2) is 5.78 Å². The first kappa shape index (κ1) is 18.1. The predicted molar refractivity (Wildman–Crippen MR) is 102 cm³/mol. The molecule has 7 heteroatoms. The van der Waals surface area contributed by atoms with Crippen molar-refractivity contribution >= 4 is 23.0 Å². The smallest absolute Gasteiger partial charge is 0.162 e. The van der Waals surface area contributed by atoms with Crippen LogP contribution >= 0.6 is 0 Å². The van der Waals surface area contributed by atoms with Gasteiger partial charge in [0.05, 0.1) is 17.6 Å². The summed E-state index contributed by atoms with van der Waals surface area (Å²) in [5, 5.41) is 0. The number of aromatic nitrogens is 1. The SMILES string of the molecule is Nc1cnc(N2CCN(CCCC(=O)c3ccc(F)cc3)CC2)cc1N. The van der Waals surface area contributed by atoms with Gasteiger partial charge in [0.1, 0.15) is 11.6 Å². The number of anilines is 3.